The van der Waals surface area contributed by atoms with E-state index in [9.17, 15) is 0 Å². The Morgan fingerprint density at radius 3 is 2.73 bits per heavy atom. The summed E-state index contributed by atoms with van der Waals surface area (Å²) < 4.78 is 0. The summed E-state index contributed by atoms with van der Waals surface area (Å²) in [6.07, 6.45) is 13.2. The minimum Gasteiger partial charge on any atom is -0.306 e. The van der Waals surface area contributed by atoms with Crippen molar-refractivity contribution in [3.63, 3.8) is 0 Å². The maximum absolute atomic E-state index is 3.74. The minimum atomic E-state index is 0.614. The van der Waals surface area contributed by atoms with Crippen LogP contribution in [-0.2, 0) is 0 Å². The summed E-state index contributed by atoms with van der Waals surface area (Å²) in [5.41, 5.74) is 0. The molecule has 2 nitrogen and oxygen atoms in total. The van der Waals surface area contributed by atoms with Crippen LogP contribution >= 0.6 is 0 Å². The lowest BCUT2D eigenvalue weighted by Crippen LogP contribution is -2.38. The monoisotopic (exact) mass is 204 g/mol. The molecule has 0 spiro atoms. The quantitative estimate of drug-likeness (QED) is 0.734. The van der Waals surface area contributed by atoms with E-state index in [0.29, 0.717) is 12.1 Å². The SMILES string of the molecule is C1=C[C@@H]2N[C@H](CN3CCCC3)C[C@@H]2C=C1. The molecule has 2 fully saturated rings. The zero-order chi connectivity index (χ0) is 10.1. The Morgan fingerprint density at radius 1 is 1.13 bits per heavy atom. The highest BCUT2D eigenvalue weighted by Gasteiger charge is 2.32. The number of fused-ring (bicyclic) bond motifs is 1. The number of allylic oxidation sites excluding steroid dienone is 2. The molecule has 0 amide bonds. The van der Waals surface area contributed by atoms with E-state index >= 15 is 0 Å². The first-order valence-corrected chi connectivity index (χ1v) is 6.25. The number of nitrogens with zero attached hydrogens (tertiary/aromatic N) is 1. The van der Waals surface area contributed by atoms with Crippen LogP contribution in [-0.4, -0.2) is 36.6 Å². The largest absolute Gasteiger partial charge is 0.306 e. The molecule has 0 unspecified atom stereocenters. The number of nitrogens with one attached hydrogen (secondary N) is 1. The highest BCUT2D eigenvalue weighted by Crippen LogP contribution is 2.26. The molecule has 0 aromatic heterocycles. The van der Waals surface area contributed by atoms with Gasteiger partial charge in [-0.3, -0.25) is 0 Å². The molecule has 2 heterocycles. The van der Waals surface area contributed by atoms with E-state index in [-0.39, 0.29) is 0 Å². The van der Waals surface area contributed by atoms with Gasteiger partial charge < -0.3 is 10.2 Å². The summed E-state index contributed by atoms with van der Waals surface area (Å²) in [5.74, 6) is 0.752. The molecule has 0 saturated carbocycles. The summed E-state index contributed by atoms with van der Waals surface area (Å²) in [6, 6.07) is 1.33. The zero-order valence-corrected chi connectivity index (χ0v) is 9.23. The van der Waals surface area contributed by atoms with Crippen molar-refractivity contribution in [2.45, 2.75) is 31.3 Å². The van der Waals surface area contributed by atoms with Crippen molar-refractivity contribution in [2.24, 2.45) is 5.92 Å². The van der Waals surface area contributed by atoms with Crippen molar-refractivity contribution < 1.29 is 0 Å². The van der Waals surface area contributed by atoms with Gasteiger partial charge in [0.2, 0.25) is 0 Å². The lowest BCUT2D eigenvalue weighted by Gasteiger charge is -2.20. The normalized spacial score (nSPS) is 39.9. The Hall–Kier alpha value is -0.600. The first-order chi connectivity index (χ1) is 7.42. The van der Waals surface area contributed by atoms with Crippen molar-refractivity contribution in [1.82, 2.24) is 10.2 Å². The number of hydrogen-bond donors (Lipinski definition) is 1. The highest BCUT2D eigenvalue weighted by atomic mass is 15.2. The average molecular weight is 204 g/mol. The number of likely N-dealkylation sites (tertiary alicyclic amines) is 1. The van der Waals surface area contributed by atoms with Crippen LogP contribution in [0.25, 0.3) is 0 Å². The molecule has 2 saturated heterocycles. The molecular formula is C13H20N2. The highest BCUT2D eigenvalue weighted by molar-refractivity contribution is 5.20. The van der Waals surface area contributed by atoms with Gasteiger partial charge in [0.1, 0.15) is 0 Å². The van der Waals surface area contributed by atoms with Gasteiger partial charge in [-0.25, -0.2) is 0 Å². The maximum atomic E-state index is 3.74. The zero-order valence-electron chi connectivity index (χ0n) is 9.23. The van der Waals surface area contributed by atoms with E-state index in [1.165, 1.54) is 38.9 Å². The lowest BCUT2D eigenvalue weighted by atomic mass is 9.95. The van der Waals surface area contributed by atoms with E-state index in [0.717, 1.165) is 5.92 Å². The molecule has 0 aromatic rings. The topological polar surface area (TPSA) is 15.3 Å². The van der Waals surface area contributed by atoms with E-state index in [1.54, 1.807) is 0 Å². The molecule has 3 atom stereocenters. The van der Waals surface area contributed by atoms with E-state index < -0.39 is 0 Å². The summed E-state index contributed by atoms with van der Waals surface area (Å²) in [7, 11) is 0. The van der Waals surface area contributed by atoms with Crippen LogP contribution in [0.2, 0.25) is 0 Å². The molecule has 0 bridgehead atoms. The Labute approximate surface area is 92.0 Å². The van der Waals surface area contributed by atoms with Crippen LogP contribution in [0.4, 0.5) is 0 Å². The van der Waals surface area contributed by atoms with Crippen LogP contribution in [0.1, 0.15) is 19.3 Å². The van der Waals surface area contributed by atoms with Crippen molar-refractivity contribution in [1.29, 1.82) is 0 Å². The Kier molecular flexibility index (Phi) is 2.63. The molecule has 1 N–H and O–H groups in total. The van der Waals surface area contributed by atoms with Crippen molar-refractivity contribution in [3.05, 3.63) is 24.3 Å². The second-order valence-electron chi connectivity index (χ2n) is 5.07. The molecule has 82 valence electrons. The van der Waals surface area contributed by atoms with Crippen LogP contribution < -0.4 is 5.32 Å². The Bertz CT molecular complexity index is 256. The molecule has 3 aliphatic rings. The average Bonchev–Trinajstić information content (AvgIpc) is 2.86. The molecule has 0 radical (unpaired) electrons. The van der Waals surface area contributed by atoms with Gasteiger partial charge in [0.25, 0.3) is 0 Å². The fourth-order valence-corrected chi connectivity index (χ4v) is 3.13. The van der Waals surface area contributed by atoms with E-state index in [1.807, 2.05) is 0 Å². The molecule has 1 aliphatic carbocycles. The van der Waals surface area contributed by atoms with Gasteiger partial charge in [0, 0.05) is 18.6 Å². The first-order valence-electron chi connectivity index (χ1n) is 6.25. The summed E-state index contributed by atoms with van der Waals surface area (Å²) in [4.78, 5) is 2.61. The molecular weight excluding hydrogens is 184 g/mol. The molecule has 3 rings (SSSR count). The van der Waals surface area contributed by atoms with Crippen LogP contribution in [0.3, 0.4) is 0 Å². The third-order valence-corrected chi connectivity index (χ3v) is 3.91. The van der Waals surface area contributed by atoms with Gasteiger partial charge in [-0.05, 0) is 38.3 Å². The molecule has 2 heteroatoms. The van der Waals surface area contributed by atoms with Gasteiger partial charge in [-0.1, -0.05) is 24.3 Å². The van der Waals surface area contributed by atoms with Crippen molar-refractivity contribution in [3.8, 4) is 0 Å². The standard InChI is InChI=1S/C13H20N2/c1-2-6-13-11(5-1)9-12(14-13)10-15-7-3-4-8-15/h1-2,5-6,11-14H,3-4,7-10H2/t11-,12-,13-/m0/s1. The van der Waals surface area contributed by atoms with Gasteiger partial charge in [0.15, 0.2) is 0 Å². The Balaban J connectivity index is 1.56. The predicted molar refractivity (Wildman–Crippen MR) is 62.8 cm³/mol. The molecule has 15 heavy (non-hydrogen) atoms. The van der Waals surface area contributed by atoms with Crippen molar-refractivity contribution >= 4 is 0 Å². The lowest BCUT2D eigenvalue weighted by molar-refractivity contribution is 0.300. The van der Waals surface area contributed by atoms with E-state index in [4.69, 9.17) is 0 Å². The predicted octanol–water partition coefficient (Wildman–Crippen LogP) is 1.55. The number of rotatable bonds is 2. The smallest absolute Gasteiger partial charge is 0.0319 e. The molecule has 2 aliphatic heterocycles. The second-order valence-corrected chi connectivity index (χ2v) is 5.07. The summed E-state index contributed by atoms with van der Waals surface area (Å²) in [6.45, 7) is 3.90. The van der Waals surface area contributed by atoms with E-state index in [2.05, 4.69) is 34.5 Å². The number of hydrogen-bond acceptors (Lipinski definition) is 2. The van der Waals surface area contributed by atoms with Crippen LogP contribution in [0, 0.1) is 5.92 Å². The van der Waals surface area contributed by atoms with Gasteiger partial charge in [0.05, 0.1) is 0 Å². The van der Waals surface area contributed by atoms with Gasteiger partial charge in [-0.15, -0.1) is 0 Å². The Morgan fingerprint density at radius 2 is 1.93 bits per heavy atom. The van der Waals surface area contributed by atoms with Gasteiger partial charge in [-0.2, -0.15) is 0 Å². The fourth-order valence-electron chi connectivity index (χ4n) is 3.13. The van der Waals surface area contributed by atoms with Gasteiger partial charge >= 0.3 is 0 Å². The fraction of sp³-hybridized carbons (Fsp3) is 0.692. The van der Waals surface area contributed by atoms with Crippen molar-refractivity contribution in [2.75, 3.05) is 19.6 Å². The summed E-state index contributed by atoms with van der Waals surface area (Å²) in [5, 5.41) is 3.74. The first kappa shape index (κ1) is 9.61. The second kappa shape index (κ2) is 4.11. The maximum Gasteiger partial charge on any atom is 0.0319 e. The third kappa shape index (κ3) is 2.01. The summed E-state index contributed by atoms with van der Waals surface area (Å²) >= 11 is 0. The third-order valence-electron chi connectivity index (χ3n) is 3.91. The van der Waals surface area contributed by atoms with Crippen LogP contribution in [0.15, 0.2) is 24.3 Å². The van der Waals surface area contributed by atoms with Crippen LogP contribution in [0.5, 0.6) is 0 Å². The minimum absolute atomic E-state index is 0.614. The molecule has 0 aromatic carbocycles.